The summed E-state index contributed by atoms with van der Waals surface area (Å²) in [6, 6.07) is 0.903. The molecule has 1 heterocycles. The minimum atomic E-state index is 0.903. The first kappa shape index (κ1) is 8.74. The Morgan fingerprint density at radius 2 is 1.60 bits per heavy atom. The molecule has 0 radical (unpaired) electrons. The smallest absolute Gasteiger partial charge is 0.0911 e. The summed E-state index contributed by atoms with van der Waals surface area (Å²) in [5, 5.41) is 0. The van der Waals surface area contributed by atoms with Gasteiger partial charge in [0.2, 0.25) is 0 Å². The van der Waals surface area contributed by atoms with Gasteiger partial charge in [-0.3, -0.25) is 9.89 Å². The normalized spacial score (nSPS) is 52.9. The molecule has 0 unspecified atom stereocenters. The maximum Gasteiger partial charge on any atom is 0.0911 e. The molecule has 2 nitrogen and oxygen atoms in total. The highest BCUT2D eigenvalue weighted by atomic mass is 15.3. The summed E-state index contributed by atoms with van der Waals surface area (Å²) in [5.41, 5.74) is 0. The Bertz CT molecular complexity index is 261. The van der Waals surface area contributed by atoms with Crippen LogP contribution in [0.15, 0.2) is 4.99 Å². The first-order chi connectivity index (χ1) is 7.40. The van der Waals surface area contributed by atoms with Crippen LogP contribution in [0.25, 0.3) is 0 Å². The van der Waals surface area contributed by atoms with Crippen molar-refractivity contribution in [3.8, 4) is 0 Å². The molecule has 2 heteroatoms. The third kappa shape index (κ3) is 1.24. The zero-order valence-corrected chi connectivity index (χ0v) is 9.31. The molecule has 0 amide bonds. The van der Waals surface area contributed by atoms with Crippen LogP contribution >= 0.6 is 0 Å². The largest absolute Gasteiger partial charge is 0.281 e. The number of hydrogen-bond acceptors (Lipinski definition) is 2. The average Bonchev–Trinajstić information content (AvgIpc) is 2.69. The molecule has 5 aliphatic rings. The van der Waals surface area contributed by atoms with Gasteiger partial charge in [-0.25, -0.2) is 0 Å². The molecule has 0 aromatic heterocycles. The van der Waals surface area contributed by atoms with Gasteiger partial charge < -0.3 is 0 Å². The fraction of sp³-hybridized carbons (Fsp3) is 0.923. The van der Waals surface area contributed by atoms with Crippen LogP contribution in [0, 0.1) is 23.7 Å². The van der Waals surface area contributed by atoms with Crippen molar-refractivity contribution in [3.63, 3.8) is 0 Å². The van der Waals surface area contributed by atoms with E-state index in [0.29, 0.717) is 0 Å². The predicted molar refractivity (Wildman–Crippen MR) is 60.9 cm³/mol. The van der Waals surface area contributed by atoms with Gasteiger partial charge in [0, 0.05) is 18.8 Å². The lowest BCUT2D eigenvalue weighted by atomic mass is 9.54. The van der Waals surface area contributed by atoms with Crippen LogP contribution in [-0.2, 0) is 0 Å². The summed E-state index contributed by atoms with van der Waals surface area (Å²) in [7, 11) is 0. The highest BCUT2D eigenvalue weighted by Gasteiger charge is 2.50. The van der Waals surface area contributed by atoms with E-state index < -0.39 is 0 Å². The van der Waals surface area contributed by atoms with Gasteiger partial charge in [0.25, 0.3) is 0 Å². The number of rotatable bonds is 1. The molecule has 4 fully saturated rings. The SMILES string of the molecule is C1=NCN(C2C3CC4CC(C3)CC2C4)C1. The summed E-state index contributed by atoms with van der Waals surface area (Å²) in [6.07, 6.45) is 9.83. The van der Waals surface area contributed by atoms with E-state index in [1.807, 2.05) is 0 Å². The van der Waals surface area contributed by atoms with Crippen molar-refractivity contribution in [2.24, 2.45) is 28.7 Å². The van der Waals surface area contributed by atoms with Crippen molar-refractivity contribution < 1.29 is 0 Å². The van der Waals surface area contributed by atoms with Gasteiger partial charge in [0.05, 0.1) is 6.67 Å². The first-order valence-corrected chi connectivity index (χ1v) is 6.62. The van der Waals surface area contributed by atoms with Gasteiger partial charge in [-0.2, -0.15) is 0 Å². The van der Waals surface area contributed by atoms with E-state index in [0.717, 1.165) is 42.9 Å². The Labute approximate surface area is 91.8 Å². The van der Waals surface area contributed by atoms with Crippen molar-refractivity contribution in [2.75, 3.05) is 13.2 Å². The molecular formula is C13H20N2. The standard InChI is InChI=1S/C13H20N2/c1-2-15(8-14-1)13-11-4-9-3-10(6-11)7-12(13)5-9/h1,9-13H,2-8H2. The molecule has 0 atom stereocenters. The van der Waals surface area contributed by atoms with E-state index in [4.69, 9.17) is 0 Å². The summed E-state index contributed by atoms with van der Waals surface area (Å²) in [6.45, 7) is 2.12. The first-order valence-electron chi connectivity index (χ1n) is 6.62. The van der Waals surface area contributed by atoms with Gasteiger partial charge in [0.1, 0.15) is 0 Å². The molecule has 0 N–H and O–H groups in total. The van der Waals surface area contributed by atoms with Crippen LogP contribution < -0.4 is 0 Å². The fourth-order valence-electron chi connectivity index (χ4n) is 5.09. The van der Waals surface area contributed by atoms with E-state index in [1.54, 1.807) is 6.42 Å². The number of hydrogen-bond donors (Lipinski definition) is 0. The van der Waals surface area contributed by atoms with E-state index in [2.05, 4.69) is 16.1 Å². The summed E-state index contributed by atoms with van der Waals surface area (Å²) < 4.78 is 0. The van der Waals surface area contributed by atoms with Gasteiger partial charge in [0.15, 0.2) is 0 Å². The fourth-order valence-corrected chi connectivity index (χ4v) is 5.09. The molecule has 4 saturated carbocycles. The molecule has 0 spiro atoms. The monoisotopic (exact) mass is 204 g/mol. The van der Waals surface area contributed by atoms with Crippen LogP contribution in [0.1, 0.15) is 32.1 Å². The lowest BCUT2D eigenvalue weighted by molar-refractivity contribution is -0.0575. The maximum atomic E-state index is 4.40. The van der Waals surface area contributed by atoms with E-state index >= 15 is 0 Å². The van der Waals surface area contributed by atoms with Crippen molar-refractivity contribution in [2.45, 2.75) is 38.1 Å². The summed E-state index contributed by atoms with van der Waals surface area (Å²) >= 11 is 0. The molecule has 1 aliphatic heterocycles. The lowest BCUT2D eigenvalue weighted by Crippen LogP contribution is -2.55. The average molecular weight is 204 g/mol. The molecule has 0 aromatic rings. The zero-order chi connectivity index (χ0) is 9.83. The van der Waals surface area contributed by atoms with Crippen molar-refractivity contribution >= 4 is 6.21 Å². The van der Waals surface area contributed by atoms with E-state index in [1.165, 1.54) is 25.7 Å². The van der Waals surface area contributed by atoms with Crippen molar-refractivity contribution in [1.82, 2.24) is 4.90 Å². The Morgan fingerprint density at radius 1 is 0.933 bits per heavy atom. The number of aliphatic imine (C=N–C) groups is 1. The van der Waals surface area contributed by atoms with Crippen LogP contribution in [0.5, 0.6) is 0 Å². The number of nitrogens with zero attached hydrogens (tertiary/aromatic N) is 2. The van der Waals surface area contributed by atoms with Gasteiger partial charge in [-0.15, -0.1) is 0 Å². The molecular weight excluding hydrogens is 184 g/mol. The second-order valence-corrected chi connectivity index (χ2v) is 6.20. The minimum absolute atomic E-state index is 0.903. The van der Waals surface area contributed by atoms with Crippen LogP contribution in [0.2, 0.25) is 0 Å². The highest BCUT2D eigenvalue weighted by molar-refractivity contribution is 5.61. The summed E-state index contributed by atoms with van der Waals surface area (Å²) in [4.78, 5) is 7.04. The quantitative estimate of drug-likeness (QED) is 0.639. The van der Waals surface area contributed by atoms with Crippen molar-refractivity contribution in [3.05, 3.63) is 0 Å². The molecule has 0 aromatic carbocycles. The maximum absolute atomic E-state index is 4.40. The second-order valence-electron chi connectivity index (χ2n) is 6.20. The predicted octanol–water partition coefficient (Wildman–Crippen LogP) is 2.16. The van der Waals surface area contributed by atoms with E-state index in [9.17, 15) is 0 Å². The molecule has 82 valence electrons. The third-order valence-corrected chi connectivity index (χ3v) is 5.31. The van der Waals surface area contributed by atoms with Gasteiger partial charge in [-0.05, 0) is 55.8 Å². The Kier molecular flexibility index (Phi) is 1.79. The molecule has 0 saturated heterocycles. The molecule has 5 rings (SSSR count). The van der Waals surface area contributed by atoms with Crippen molar-refractivity contribution in [1.29, 1.82) is 0 Å². The zero-order valence-electron chi connectivity index (χ0n) is 9.31. The third-order valence-electron chi connectivity index (χ3n) is 5.31. The van der Waals surface area contributed by atoms with Crippen LogP contribution in [0.4, 0.5) is 0 Å². The van der Waals surface area contributed by atoms with Gasteiger partial charge >= 0.3 is 0 Å². The molecule has 4 bridgehead atoms. The highest BCUT2D eigenvalue weighted by Crippen LogP contribution is 2.55. The Balaban J connectivity index is 1.59. The summed E-state index contributed by atoms with van der Waals surface area (Å²) in [5.74, 6) is 4.27. The Hall–Kier alpha value is -0.370. The van der Waals surface area contributed by atoms with Gasteiger partial charge in [-0.1, -0.05) is 0 Å². The Morgan fingerprint density at radius 3 is 2.13 bits per heavy atom. The molecule has 4 aliphatic carbocycles. The topological polar surface area (TPSA) is 15.6 Å². The van der Waals surface area contributed by atoms with Crippen LogP contribution in [-0.4, -0.2) is 30.4 Å². The lowest BCUT2D eigenvalue weighted by Gasteiger charge is -2.56. The van der Waals surface area contributed by atoms with E-state index in [-0.39, 0.29) is 0 Å². The van der Waals surface area contributed by atoms with Crippen LogP contribution in [0.3, 0.4) is 0 Å². The second kappa shape index (κ2) is 3.07. The minimum Gasteiger partial charge on any atom is -0.281 e. The molecule has 15 heavy (non-hydrogen) atoms.